The van der Waals surface area contributed by atoms with Crippen molar-refractivity contribution in [1.82, 2.24) is 14.7 Å². The summed E-state index contributed by atoms with van der Waals surface area (Å²) in [5.74, 6) is -1.52. The highest BCUT2D eigenvalue weighted by Gasteiger charge is 2.40. The maximum atomic E-state index is 12.8. The molecule has 2 atom stereocenters. The lowest BCUT2D eigenvalue weighted by Gasteiger charge is -2.19. The third-order valence-electron chi connectivity index (χ3n) is 4.39. The summed E-state index contributed by atoms with van der Waals surface area (Å²) in [4.78, 5) is 25.6. The van der Waals surface area contributed by atoms with Gasteiger partial charge in [-0.25, -0.2) is 9.48 Å². The van der Waals surface area contributed by atoms with Crippen LogP contribution in [0.5, 0.6) is 0 Å². The minimum absolute atomic E-state index is 0.150. The monoisotopic (exact) mass is 397 g/mol. The third-order valence-corrected chi connectivity index (χ3v) is 4.92. The molecule has 1 saturated heterocycles. The number of likely N-dealkylation sites (tertiary alicyclic amines) is 1. The highest BCUT2D eigenvalue weighted by molar-refractivity contribution is 6.35. The van der Waals surface area contributed by atoms with Crippen LogP contribution in [0.1, 0.15) is 22.6 Å². The number of carbonyl (C=O) groups is 2. The molecule has 3 rings (SSSR count). The molecule has 1 aliphatic heterocycles. The van der Waals surface area contributed by atoms with Gasteiger partial charge >= 0.3 is 5.97 Å². The van der Waals surface area contributed by atoms with Gasteiger partial charge in [0.2, 0.25) is 0 Å². The zero-order chi connectivity index (χ0) is 19.0. The summed E-state index contributed by atoms with van der Waals surface area (Å²) >= 11 is 12.1. The molecule has 26 heavy (non-hydrogen) atoms. The number of amides is 1. The summed E-state index contributed by atoms with van der Waals surface area (Å²) in [6, 6.07) is 5.64. The molecule has 1 aliphatic rings. The highest BCUT2D eigenvalue weighted by atomic mass is 35.5. The van der Waals surface area contributed by atoms with E-state index in [9.17, 15) is 14.7 Å². The molecule has 1 N–H and O–H groups in total. The van der Waals surface area contributed by atoms with Crippen molar-refractivity contribution in [3.8, 4) is 5.69 Å². The SMILES string of the molecule is COC1CC(C(=O)O)N(C(=O)c2cc(C)n(-c3ccc(Cl)cc3Cl)n2)C1. The molecule has 1 fully saturated rings. The Balaban J connectivity index is 1.93. The lowest BCUT2D eigenvalue weighted by molar-refractivity contribution is -0.141. The Morgan fingerprint density at radius 3 is 2.65 bits per heavy atom. The number of hydrogen-bond donors (Lipinski definition) is 1. The predicted octanol–water partition coefficient (Wildman–Crippen LogP) is 2.80. The molecule has 138 valence electrons. The van der Waals surface area contributed by atoms with Gasteiger partial charge in [0, 0.05) is 30.8 Å². The van der Waals surface area contributed by atoms with Gasteiger partial charge in [0.05, 0.1) is 16.8 Å². The predicted molar refractivity (Wildman–Crippen MR) is 96.2 cm³/mol. The van der Waals surface area contributed by atoms with Crippen molar-refractivity contribution >= 4 is 35.1 Å². The van der Waals surface area contributed by atoms with Gasteiger partial charge in [-0.1, -0.05) is 23.2 Å². The molecule has 2 aromatic rings. The van der Waals surface area contributed by atoms with Crippen LogP contribution in [0.15, 0.2) is 24.3 Å². The van der Waals surface area contributed by atoms with Crippen molar-refractivity contribution in [2.75, 3.05) is 13.7 Å². The van der Waals surface area contributed by atoms with E-state index in [1.807, 2.05) is 0 Å². The van der Waals surface area contributed by atoms with Gasteiger partial charge in [-0.2, -0.15) is 5.10 Å². The first-order valence-electron chi connectivity index (χ1n) is 7.90. The van der Waals surface area contributed by atoms with Gasteiger partial charge in [0.15, 0.2) is 5.69 Å². The van der Waals surface area contributed by atoms with E-state index in [1.54, 1.807) is 31.2 Å². The number of carbonyl (C=O) groups excluding carboxylic acids is 1. The van der Waals surface area contributed by atoms with Crippen molar-refractivity contribution in [3.63, 3.8) is 0 Å². The minimum Gasteiger partial charge on any atom is -0.480 e. The highest BCUT2D eigenvalue weighted by Crippen LogP contribution is 2.27. The fourth-order valence-corrected chi connectivity index (χ4v) is 3.54. The maximum absolute atomic E-state index is 12.8. The van der Waals surface area contributed by atoms with Gasteiger partial charge in [-0.15, -0.1) is 0 Å². The Bertz CT molecular complexity index is 868. The first kappa shape index (κ1) is 18.7. The van der Waals surface area contributed by atoms with E-state index in [4.69, 9.17) is 27.9 Å². The summed E-state index contributed by atoms with van der Waals surface area (Å²) < 4.78 is 6.75. The maximum Gasteiger partial charge on any atom is 0.326 e. The van der Waals surface area contributed by atoms with Crippen LogP contribution >= 0.6 is 23.2 Å². The number of aromatic nitrogens is 2. The number of nitrogens with zero attached hydrogens (tertiary/aromatic N) is 3. The van der Waals surface area contributed by atoms with Crippen LogP contribution in [0.4, 0.5) is 0 Å². The van der Waals surface area contributed by atoms with Gasteiger partial charge in [-0.05, 0) is 31.2 Å². The topological polar surface area (TPSA) is 84.7 Å². The Hall–Kier alpha value is -2.09. The van der Waals surface area contributed by atoms with Gasteiger partial charge in [0.25, 0.3) is 5.91 Å². The van der Waals surface area contributed by atoms with Crippen molar-refractivity contribution in [2.24, 2.45) is 0 Å². The summed E-state index contributed by atoms with van der Waals surface area (Å²) in [6.45, 7) is 1.99. The Morgan fingerprint density at radius 1 is 1.31 bits per heavy atom. The van der Waals surface area contributed by atoms with Crippen LogP contribution in [0.2, 0.25) is 10.0 Å². The fraction of sp³-hybridized carbons (Fsp3) is 0.353. The zero-order valence-corrected chi connectivity index (χ0v) is 15.7. The molecule has 1 amide bonds. The van der Waals surface area contributed by atoms with Crippen molar-refractivity contribution in [3.05, 3.63) is 45.7 Å². The van der Waals surface area contributed by atoms with E-state index in [2.05, 4.69) is 5.10 Å². The summed E-state index contributed by atoms with van der Waals surface area (Å²) in [6.07, 6.45) is -0.0609. The van der Waals surface area contributed by atoms with Gasteiger partial charge in [-0.3, -0.25) is 4.79 Å². The molecule has 0 saturated carbocycles. The molecule has 7 nitrogen and oxygen atoms in total. The van der Waals surface area contributed by atoms with E-state index in [0.29, 0.717) is 21.4 Å². The van der Waals surface area contributed by atoms with Crippen LogP contribution in [0, 0.1) is 6.92 Å². The molecular weight excluding hydrogens is 381 g/mol. The van der Waals surface area contributed by atoms with E-state index in [0.717, 1.165) is 0 Å². The number of rotatable bonds is 4. The molecule has 2 heterocycles. The standard InChI is InChI=1S/C17H17Cl2N3O4/c1-9-5-13(20-22(9)14-4-3-10(18)6-12(14)19)16(23)21-8-11(26-2)7-15(21)17(24)25/h3-6,11,15H,7-8H2,1-2H3,(H,24,25). The number of halogens is 2. The summed E-state index contributed by atoms with van der Waals surface area (Å²) in [5.41, 5.74) is 1.42. The first-order chi connectivity index (χ1) is 12.3. The first-order valence-corrected chi connectivity index (χ1v) is 8.66. The average Bonchev–Trinajstić information content (AvgIpc) is 3.18. The van der Waals surface area contributed by atoms with Crippen LogP contribution < -0.4 is 0 Å². The van der Waals surface area contributed by atoms with E-state index in [1.165, 1.54) is 16.7 Å². The fourth-order valence-electron chi connectivity index (χ4n) is 3.05. The molecule has 1 aromatic heterocycles. The van der Waals surface area contributed by atoms with E-state index < -0.39 is 17.9 Å². The molecule has 0 bridgehead atoms. The lowest BCUT2D eigenvalue weighted by atomic mass is 10.2. The molecule has 9 heteroatoms. The Morgan fingerprint density at radius 2 is 2.04 bits per heavy atom. The smallest absolute Gasteiger partial charge is 0.326 e. The quantitative estimate of drug-likeness (QED) is 0.856. The van der Waals surface area contributed by atoms with Gasteiger partial charge in [0.1, 0.15) is 6.04 Å². The normalized spacial score (nSPS) is 19.8. The third kappa shape index (κ3) is 3.42. The molecular formula is C17H17Cl2N3O4. The number of ether oxygens (including phenoxy) is 1. The summed E-state index contributed by atoms with van der Waals surface area (Å²) in [5, 5.41) is 14.6. The number of aryl methyl sites for hydroxylation is 1. The van der Waals surface area contributed by atoms with Crippen LogP contribution in [-0.2, 0) is 9.53 Å². The second-order valence-corrected chi connectivity index (χ2v) is 6.93. The van der Waals surface area contributed by atoms with Crippen molar-refractivity contribution in [1.29, 1.82) is 0 Å². The molecule has 0 radical (unpaired) electrons. The number of benzene rings is 1. The van der Waals surface area contributed by atoms with E-state index in [-0.39, 0.29) is 24.8 Å². The Kier molecular flexibility index (Phi) is 5.22. The molecule has 0 aliphatic carbocycles. The van der Waals surface area contributed by atoms with Crippen molar-refractivity contribution < 1.29 is 19.4 Å². The summed E-state index contributed by atoms with van der Waals surface area (Å²) in [7, 11) is 1.50. The molecule has 1 aromatic carbocycles. The van der Waals surface area contributed by atoms with Crippen molar-refractivity contribution in [2.45, 2.75) is 25.5 Å². The van der Waals surface area contributed by atoms with Crippen LogP contribution in [0.25, 0.3) is 5.69 Å². The average molecular weight is 398 g/mol. The number of hydrogen-bond acceptors (Lipinski definition) is 4. The zero-order valence-electron chi connectivity index (χ0n) is 14.1. The number of aliphatic carboxylic acids is 1. The Labute approximate surface area is 160 Å². The second-order valence-electron chi connectivity index (χ2n) is 6.08. The van der Waals surface area contributed by atoms with Crippen LogP contribution in [0.3, 0.4) is 0 Å². The van der Waals surface area contributed by atoms with E-state index >= 15 is 0 Å². The second kappa shape index (κ2) is 7.26. The minimum atomic E-state index is -1.06. The number of methoxy groups -OCH3 is 1. The largest absolute Gasteiger partial charge is 0.480 e. The molecule has 2 unspecified atom stereocenters. The number of carboxylic acid groups (broad SMARTS) is 1. The lowest BCUT2D eigenvalue weighted by Crippen LogP contribution is -2.40. The van der Waals surface area contributed by atoms with Crippen LogP contribution in [-0.4, -0.2) is 57.5 Å². The van der Waals surface area contributed by atoms with Gasteiger partial charge < -0.3 is 14.7 Å². The number of carboxylic acids is 1. The molecule has 0 spiro atoms.